The van der Waals surface area contributed by atoms with Crippen LogP contribution < -0.4 is 10.5 Å². The van der Waals surface area contributed by atoms with Crippen LogP contribution >= 0.6 is 0 Å². The predicted octanol–water partition coefficient (Wildman–Crippen LogP) is 0.582. The summed E-state index contributed by atoms with van der Waals surface area (Å²) >= 11 is 0. The average Bonchev–Trinajstić information content (AvgIpc) is 3.15. The molecule has 0 spiro atoms. The fourth-order valence-electron chi connectivity index (χ4n) is 1.91. The number of hydrogen-bond donors (Lipinski definition) is 3. The third kappa shape index (κ3) is 2.93. The molecule has 21 heavy (non-hydrogen) atoms. The Bertz CT molecular complexity index is 795. The number of nitrogens with zero attached hydrogens (tertiary/aromatic N) is 2. The normalized spacial score (nSPS) is 14.9. The molecule has 4 N–H and O–H groups in total. The Balaban J connectivity index is 1.84. The molecule has 0 atom stereocenters. The van der Waals surface area contributed by atoms with Gasteiger partial charge in [-0.3, -0.25) is 9.89 Å². The van der Waals surface area contributed by atoms with Crippen molar-refractivity contribution >= 4 is 21.6 Å². The van der Waals surface area contributed by atoms with Crippen LogP contribution in [-0.2, 0) is 10.0 Å². The van der Waals surface area contributed by atoms with Gasteiger partial charge in [-0.15, -0.1) is 5.10 Å². The van der Waals surface area contributed by atoms with Crippen LogP contribution in [0.2, 0.25) is 0 Å². The molecule has 1 aromatic heterocycles. The second-order valence-corrected chi connectivity index (χ2v) is 6.34. The number of aromatic nitrogens is 3. The van der Waals surface area contributed by atoms with Crippen molar-refractivity contribution in [3.63, 3.8) is 0 Å². The molecular weight excluding hydrogens is 294 g/mol. The van der Waals surface area contributed by atoms with Crippen molar-refractivity contribution in [2.24, 2.45) is 5.14 Å². The van der Waals surface area contributed by atoms with Gasteiger partial charge in [-0.25, -0.2) is 18.5 Å². The number of benzene rings is 1. The largest absolute Gasteiger partial charge is 0.318 e. The van der Waals surface area contributed by atoms with E-state index in [0.717, 1.165) is 12.8 Å². The highest BCUT2D eigenvalue weighted by Gasteiger charge is 2.28. The number of carbonyl (C=O) groups is 1. The summed E-state index contributed by atoms with van der Waals surface area (Å²) in [6.07, 6.45) is 2.06. The van der Waals surface area contributed by atoms with Crippen molar-refractivity contribution in [1.29, 1.82) is 0 Å². The van der Waals surface area contributed by atoms with Crippen LogP contribution in [-0.4, -0.2) is 29.5 Å². The number of carbonyl (C=O) groups excluding carboxylic acids is 1. The Morgan fingerprint density at radius 2 is 2.05 bits per heavy atom. The van der Waals surface area contributed by atoms with Crippen molar-refractivity contribution in [2.75, 3.05) is 5.32 Å². The van der Waals surface area contributed by atoms with Gasteiger partial charge in [0.05, 0.1) is 5.69 Å². The molecule has 1 aliphatic carbocycles. The number of sulfonamides is 1. The van der Waals surface area contributed by atoms with E-state index in [2.05, 4.69) is 20.5 Å². The number of nitrogens with one attached hydrogen (secondary N) is 2. The topological polar surface area (TPSA) is 131 Å². The smallest absolute Gasteiger partial charge is 0.295 e. The number of hydrogen-bond acceptors (Lipinski definition) is 5. The van der Waals surface area contributed by atoms with Crippen LogP contribution in [0.4, 0.5) is 5.69 Å². The van der Waals surface area contributed by atoms with E-state index in [9.17, 15) is 13.2 Å². The highest BCUT2D eigenvalue weighted by atomic mass is 32.2. The number of aromatic amines is 1. The van der Waals surface area contributed by atoms with Crippen LogP contribution in [0.3, 0.4) is 0 Å². The fraction of sp³-hybridized carbons (Fsp3) is 0.250. The second-order valence-electron chi connectivity index (χ2n) is 4.81. The molecule has 0 radical (unpaired) electrons. The van der Waals surface area contributed by atoms with Crippen LogP contribution in [0.1, 0.15) is 35.2 Å². The zero-order chi connectivity index (χ0) is 15.0. The Hall–Kier alpha value is -2.26. The third-order valence-electron chi connectivity index (χ3n) is 3.11. The highest BCUT2D eigenvalue weighted by molar-refractivity contribution is 7.89. The van der Waals surface area contributed by atoms with E-state index >= 15 is 0 Å². The molecule has 9 heteroatoms. The van der Waals surface area contributed by atoms with Gasteiger partial charge in [0.2, 0.25) is 15.8 Å². The van der Waals surface area contributed by atoms with E-state index in [0.29, 0.717) is 11.7 Å². The number of H-pyrrole nitrogens is 1. The monoisotopic (exact) mass is 307 g/mol. The summed E-state index contributed by atoms with van der Waals surface area (Å²) in [4.78, 5) is 16.0. The summed E-state index contributed by atoms with van der Waals surface area (Å²) in [5.41, 5.74) is 0.0998. The van der Waals surface area contributed by atoms with Crippen molar-refractivity contribution < 1.29 is 13.2 Å². The first-order valence-electron chi connectivity index (χ1n) is 6.30. The molecule has 110 valence electrons. The average molecular weight is 307 g/mol. The van der Waals surface area contributed by atoms with Gasteiger partial charge in [-0.2, -0.15) is 0 Å². The number of anilines is 1. The Kier molecular flexibility index (Phi) is 3.22. The molecule has 1 aliphatic rings. The summed E-state index contributed by atoms with van der Waals surface area (Å²) in [7, 11) is -3.92. The van der Waals surface area contributed by atoms with Crippen molar-refractivity contribution in [2.45, 2.75) is 23.7 Å². The first-order valence-corrected chi connectivity index (χ1v) is 7.85. The van der Waals surface area contributed by atoms with Gasteiger partial charge in [0.25, 0.3) is 5.91 Å². The Morgan fingerprint density at radius 3 is 2.71 bits per heavy atom. The maximum absolute atomic E-state index is 12.1. The number of primary sulfonamides is 1. The molecule has 0 aliphatic heterocycles. The molecule has 1 heterocycles. The number of nitrogens with two attached hydrogens (primary N) is 1. The minimum Gasteiger partial charge on any atom is -0.318 e. The first-order chi connectivity index (χ1) is 9.95. The lowest BCUT2D eigenvalue weighted by atomic mass is 10.3. The quantitative estimate of drug-likeness (QED) is 0.760. The van der Waals surface area contributed by atoms with E-state index < -0.39 is 15.9 Å². The van der Waals surface area contributed by atoms with Gasteiger partial charge in [0.1, 0.15) is 10.7 Å². The van der Waals surface area contributed by atoms with Gasteiger partial charge in [0, 0.05) is 5.92 Å². The van der Waals surface area contributed by atoms with Gasteiger partial charge >= 0.3 is 0 Å². The van der Waals surface area contributed by atoms with Crippen molar-refractivity contribution in [1.82, 2.24) is 15.2 Å². The van der Waals surface area contributed by atoms with E-state index in [4.69, 9.17) is 5.14 Å². The molecular formula is C12H13N5O3S. The minimum atomic E-state index is -3.92. The summed E-state index contributed by atoms with van der Waals surface area (Å²) in [6, 6.07) is 5.88. The summed E-state index contributed by atoms with van der Waals surface area (Å²) in [6.45, 7) is 0. The predicted molar refractivity (Wildman–Crippen MR) is 74.1 cm³/mol. The summed E-state index contributed by atoms with van der Waals surface area (Å²) < 4.78 is 22.9. The number of rotatable bonds is 4. The zero-order valence-corrected chi connectivity index (χ0v) is 11.7. The molecule has 0 bridgehead atoms. The molecule has 1 fully saturated rings. The number of amides is 1. The fourth-order valence-corrected chi connectivity index (χ4v) is 2.61. The van der Waals surface area contributed by atoms with Crippen molar-refractivity contribution in [3.05, 3.63) is 35.9 Å². The van der Waals surface area contributed by atoms with E-state index in [-0.39, 0.29) is 16.4 Å². The third-order valence-corrected chi connectivity index (χ3v) is 4.08. The molecule has 2 aromatic rings. The van der Waals surface area contributed by atoms with E-state index in [1.165, 1.54) is 18.2 Å². The van der Waals surface area contributed by atoms with Crippen LogP contribution in [0.5, 0.6) is 0 Å². The van der Waals surface area contributed by atoms with Gasteiger partial charge in [-0.05, 0) is 25.0 Å². The summed E-state index contributed by atoms with van der Waals surface area (Å²) in [5, 5.41) is 14.1. The molecule has 8 nitrogen and oxygen atoms in total. The Morgan fingerprint density at radius 1 is 1.33 bits per heavy atom. The molecule has 0 unspecified atom stereocenters. The number of para-hydroxylation sites is 1. The lowest BCUT2D eigenvalue weighted by molar-refractivity contribution is 0.101. The van der Waals surface area contributed by atoms with Crippen LogP contribution in [0.25, 0.3) is 0 Å². The van der Waals surface area contributed by atoms with Gasteiger partial charge in [-0.1, -0.05) is 12.1 Å². The molecule has 1 saturated carbocycles. The van der Waals surface area contributed by atoms with Crippen LogP contribution in [0.15, 0.2) is 29.2 Å². The maximum Gasteiger partial charge on any atom is 0.295 e. The van der Waals surface area contributed by atoms with Gasteiger partial charge < -0.3 is 5.32 Å². The SMILES string of the molecule is NS(=O)(=O)c1ccccc1NC(=O)c1n[nH]c(C2CC2)n1. The zero-order valence-electron chi connectivity index (χ0n) is 10.9. The van der Waals surface area contributed by atoms with E-state index in [1.807, 2.05) is 0 Å². The van der Waals surface area contributed by atoms with Crippen LogP contribution in [0, 0.1) is 0 Å². The summed E-state index contributed by atoms with van der Waals surface area (Å²) in [5.74, 6) is 0.408. The lowest BCUT2D eigenvalue weighted by Crippen LogP contribution is -2.19. The highest BCUT2D eigenvalue weighted by Crippen LogP contribution is 2.37. The lowest BCUT2D eigenvalue weighted by Gasteiger charge is -2.07. The maximum atomic E-state index is 12.1. The van der Waals surface area contributed by atoms with Crippen molar-refractivity contribution in [3.8, 4) is 0 Å². The standard InChI is InChI=1S/C12H13N5O3S/c13-21(19,20)9-4-2-1-3-8(9)14-12(18)11-15-10(16-17-11)7-5-6-7/h1-4,7H,5-6H2,(H,14,18)(H2,13,19,20)(H,15,16,17). The molecule has 1 aromatic carbocycles. The minimum absolute atomic E-state index is 0.0267. The first kappa shape index (κ1) is 13.7. The molecule has 3 rings (SSSR count). The Labute approximate surface area is 120 Å². The van der Waals surface area contributed by atoms with Gasteiger partial charge in [0.15, 0.2) is 0 Å². The molecule has 1 amide bonds. The second kappa shape index (κ2) is 4.93. The molecule has 0 saturated heterocycles. The van der Waals surface area contributed by atoms with E-state index in [1.54, 1.807) is 6.07 Å².